The van der Waals surface area contributed by atoms with Crippen LogP contribution >= 0.6 is 11.3 Å². The fraction of sp³-hybridized carbons (Fsp3) is 0.188. The van der Waals surface area contributed by atoms with E-state index < -0.39 is 0 Å². The van der Waals surface area contributed by atoms with E-state index in [-0.39, 0.29) is 18.0 Å². The molecular formula is C16H13N3O4S. The number of pyridine rings is 1. The number of nitrogens with zero attached hydrogens (tertiary/aromatic N) is 2. The van der Waals surface area contributed by atoms with Gasteiger partial charge in [0.05, 0.1) is 10.2 Å². The topological polar surface area (TPSA) is 82.5 Å². The predicted molar refractivity (Wildman–Crippen MR) is 89.9 cm³/mol. The van der Waals surface area contributed by atoms with Crippen molar-refractivity contribution in [3.63, 3.8) is 0 Å². The fourth-order valence-electron chi connectivity index (χ4n) is 2.42. The van der Waals surface area contributed by atoms with Crippen LogP contribution in [-0.2, 0) is 11.3 Å². The van der Waals surface area contributed by atoms with E-state index in [0.29, 0.717) is 29.8 Å². The van der Waals surface area contributed by atoms with Gasteiger partial charge in [0.25, 0.3) is 5.56 Å². The van der Waals surface area contributed by atoms with Gasteiger partial charge in [-0.2, -0.15) is 0 Å². The van der Waals surface area contributed by atoms with Gasteiger partial charge < -0.3 is 19.4 Å². The third kappa shape index (κ3) is 2.83. The van der Waals surface area contributed by atoms with Crippen molar-refractivity contribution in [2.45, 2.75) is 6.54 Å². The van der Waals surface area contributed by atoms with Gasteiger partial charge in [-0.25, -0.2) is 4.98 Å². The summed E-state index contributed by atoms with van der Waals surface area (Å²) in [5.74, 6) is 1.04. The Bertz CT molecular complexity index is 936. The van der Waals surface area contributed by atoms with Crippen molar-refractivity contribution in [2.24, 2.45) is 0 Å². The zero-order chi connectivity index (χ0) is 16.5. The molecule has 1 aromatic carbocycles. The second-order valence-electron chi connectivity index (χ2n) is 5.20. The number of rotatable bonds is 3. The number of nitrogens with one attached hydrogen (secondary N) is 1. The molecule has 0 aliphatic carbocycles. The van der Waals surface area contributed by atoms with Crippen LogP contribution in [0, 0.1) is 0 Å². The predicted octanol–water partition coefficient (Wildman–Crippen LogP) is 1.87. The summed E-state index contributed by atoms with van der Waals surface area (Å²) in [6.07, 6.45) is 1.57. The lowest BCUT2D eigenvalue weighted by atomic mass is 10.3. The summed E-state index contributed by atoms with van der Waals surface area (Å²) in [7, 11) is 0. The summed E-state index contributed by atoms with van der Waals surface area (Å²) in [5, 5.41) is 3.20. The molecule has 0 atom stereocenters. The monoisotopic (exact) mass is 343 g/mol. The number of ether oxygens (including phenoxy) is 2. The normalized spacial score (nSPS) is 13.0. The third-order valence-corrected chi connectivity index (χ3v) is 4.45. The lowest BCUT2D eigenvalue weighted by Crippen LogP contribution is -2.26. The Morgan fingerprint density at radius 3 is 2.83 bits per heavy atom. The average Bonchev–Trinajstić information content (AvgIpc) is 2.95. The zero-order valence-corrected chi connectivity index (χ0v) is 13.3. The zero-order valence-electron chi connectivity index (χ0n) is 12.5. The first-order chi connectivity index (χ1) is 11.7. The number of anilines is 1. The van der Waals surface area contributed by atoms with E-state index in [2.05, 4.69) is 10.3 Å². The average molecular weight is 343 g/mol. The molecule has 1 aliphatic rings. The largest absolute Gasteiger partial charge is 0.486 e. The maximum atomic E-state index is 12.1. The van der Waals surface area contributed by atoms with Gasteiger partial charge in [-0.3, -0.25) is 9.59 Å². The highest BCUT2D eigenvalue weighted by Gasteiger charge is 2.16. The Kier molecular flexibility index (Phi) is 3.66. The van der Waals surface area contributed by atoms with Crippen molar-refractivity contribution < 1.29 is 14.3 Å². The van der Waals surface area contributed by atoms with Crippen LogP contribution in [0.2, 0.25) is 0 Å². The van der Waals surface area contributed by atoms with Gasteiger partial charge in [0, 0.05) is 24.4 Å². The lowest BCUT2D eigenvalue weighted by Gasteiger charge is -2.17. The van der Waals surface area contributed by atoms with Crippen LogP contribution in [0.5, 0.6) is 11.5 Å². The molecule has 3 aromatic rings. The van der Waals surface area contributed by atoms with E-state index in [1.807, 2.05) is 6.07 Å². The van der Waals surface area contributed by atoms with Crippen molar-refractivity contribution in [2.75, 3.05) is 18.5 Å². The molecule has 1 amide bonds. The van der Waals surface area contributed by atoms with Crippen molar-refractivity contribution in [1.29, 1.82) is 0 Å². The van der Waals surface area contributed by atoms with Crippen LogP contribution in [0.25, 0.3) is 10.2 Å². The second-order valence-corrected chi connectivity index (χ2v) is 6.23. The molecule has 0 radical (unpaired) electrons. The van der Waals surface area contributed by atoms with Crippen molar-refractivity contribution in [1.82, 2.24) is 9.55 Å². The molecule has 1 N–H and O–H groups in total. The number of aromatic nitrogens is 2. The number of carbonyl (C=O) groups excluding carboxylic acids is 1. The van der Waals surface area contributed by atoms with Crippen LogP contribution in [0.1, 0.15) is 0 Å². The van der Waals surface area contributed by atoms with E-state index in [0.717, 1.165) is 10.2 Å². The lowest BCUT2D eigenvalue weighted by molar-refractivity contribution is -0.116. The summed E-state index contributed by atoms with van der Waals surface area (Å²) in [6, 6.07) is 8.42. The highest BCUT2D eigenvalue weighted by molar-refractivity contribution is 7.22. The maximum Gasteiger partial charge on any atom is 0.250 e. The van der Waals surface area contributed by atoms with Crippen molar-refractivity contribution >= 4 is 32.6 Å². The number of thiazole rings is 1. The Morgan fingerprint density at radius 2 is 2.04 bits per heavy atom. The van der Waals surface area contributed by atoms with Gasteiger partial charge in [-0.1, -0.05) is 17.4 Å². The number of fused-ring (bicyclic) bond motifs is 2. The Labute approximate surface area is 140 Å². The molecule has 0 fully saturated rings. The number of hydrogen-bond acceptors (Lipinski definition) is 6. The highest BCUT2D eigenvalue weighted by Crippen LogP contribution is 2.37. The standard InChI is InChI=1S/C16H13N3O4S/c20-14(9-19-4-2-1-3-15(19)21)18-16-17-10-7-11-12(8-13(10)24-16)23-6-5-22-11/h1-4,7-8H,5-6,9H2,(H,17,18,20). The quantitative estimate of drug-likeness (QED) is 0.785. The van der Waals surface area contributed by atoms with Gasteiger partial charge in [-0.15, -0.1) is 0 Å². The number of carbonyl (C=O) groups is 1. The first kappa shape index (κ1) is 14.7. The van der Waals surface area contributed by atoms with E-state index in [9.17, 15) is 9.59 Å². The van der Waals surface area contributed by atoms with E-state index in [1.165, 1.54) is 22.0 Å². The third-order valence-electron chi connectivity index (χ3n) is 3.51. The Balaban J connectivity index is 1.55. The molecule has 0 spiro atoms. The van der Waals surface area contributed by atoms with Crippen LogP contribution < -0.4 is 20.3 Å². The molecule has 4 rings (SSSR count). The molecule has 3 heterocycles. The van der Waals surface area contributed by atoms with Gasteiger partial charge >= 0.3 is 0 Å². The molecule has 0 saturated carbocycles. The molecule has 122 valence electrons. The molecule has 8 heteroatoms. The first-order valence-electron chi connectivity index (χ1n) is 7.34. The molecule has 7 nitrogen and oxygen atoms in total. The SMILES string of the molecule is O=C(Cn1ccccc1=O)Nc1nc2cc3c(cc2s1)OCCO3. The van der Waals surface area contributed by atoms with E-state index >= 15 is 0 Å². The molecule has 2 aromatic heterocycles. The molecule has 0 bridgehead atoms. The Morgan fingerprint density at radius 1 is 1.25 bits per heavy atom. The minimum absolute atomic E-state index is 0.0572. The van der Waals surface area contributed by atoms with Gasteiger partial charge in [0.1, 0.15) is 19.8 Å². The minimum Gasteiger partial charge on any atom is -0.486 e. The van der Waals surface area contributed by atoms with Crippen molar-refractivity contribution in [3.8, 4) is 11.5 Å². The van der Waals surface area contributed by atoms with Crippen LogP contribution in [0.3, 0.4) is 0 Å². The van der Waals surface area contributed by atoms with Gasteiger partial charge in [0.15, 0.2) is 16.6 Å². The van der Waals surface area contributed by atoms with E-state index in [4.69, 9.17) is 9.47 Å². The second kappa shape index (κ2) is 5.97. The van der Waals surface area contributed by atoms with Crippen LogP contribution in [0.15, 0.2) is 41.3 Å². The number of hydrogen-bond donors (Lipinski definition) is 1. The summed E-state index contributed by atoms with van der Waals surface area (Å²) in [4.78, 5) is 28.1. The van der Waals surface area contributed by atoms with Crippen LogP contribution in [0.4, 0.5) is 5.13 Å². The first-order valence-corrected chi connectivity index (χ1v) is 8.16. The molecule has 0 saturated heterocycles. The Hall–Kier alpha value is -2.87. The van der Waals surface area contributed by atoms with Gasteiger partial charge in [0.2, 0.25) is 5.91 Å². The maximum absolute atomic E-state index is 12.1. The molecular weight excluding hydrogens is 330 g/mol. The number of amides is 1. The number of benzene rings is 1. The highest BCUT2D eigenvalue weighted by atomic mass is 32.1. The van der Waals surface area contributed by atoms with Crippen LogP contribution in [-0.4, -0.2) is 28.7 Å². The smallest absolute Gasteiger partial charge is 0.250 e. The summed E-state index contributed by atoms with van der Waals surface area (Å²) in [5.41, 5.74) is 0.510. The molecule has 0 unspecified atom stereocenters. The summed E-state index contributed by atoms with van der Waals surface area (Å²) < 4.78 is 13.3. The van der Waals surface area contributed by atoms with Crippen molar-refractivity contribution in [3.05, 3.63) is 46.9 Å². The minimum atomic E-state index is -0.306. The molecule has 1 aliphatic heterocycles. The van der Waals surface area contributed by atoms with E-state index in [1.54, 1.807) is 24.4 Å². The molecule has 24 heavy (non-hydrogen) atoms. The van der Waals surface area contributed by atoms with Gasteiger partial charge in [-0.05, 0) is 6.07 Å². The summed E-state index contributed by atoms with van der Waals surface area (Å²) >= 11 is 1.35. The summed E-state index contributed by atoms with van der Waals surface area (Å²) in [6.45, 7) is 0.975. The fourth-order valence-corrected chi connectivity index (χ4v) is 3.32.